The van der Waals surface area contributed by atoms with E-state index in [1.807, 2.05) is 0 Å². The summed E-state index contributed by atoms with van der Waals surface area (Å²) in [5.41, 5.74) is 0. The maximum Gasteiger partial charge on any atom is 0.306 e. The molecule has 0 spiro atoms. The quantitative estimate of drug-likeness (QED) is 0.0345. The lowest BCUT2D eigenvalue weighted by atomic mass is 10.0. The minimum Gasteiger partial charge on any atom is -0.462 e. The van der Waals surface area contributed by atoms with Crippen molar-refractivity contribution in [2.24, 2.45) is 0 Å². The molecule has 6 heteroatoms. The lowest BCUT2D eigenvalue weighted by Crippen LogP contribution is -2.30. The zero-order valence-electron chi connectivity index (χ0n) is 40.1. The molecule has 1 atom stereocenters. The Morgan fingerprint density at radius 3 is 0.678 bits per heavy atom. The lowest BCUT2D eigenvalue weighted by Gasteiger charge is -2.18. The highest BCUT2D eigenvalue weighted by Crippen LogP contribution is 2.17. The number of rotatable bonds is 49. The van der Waals surface area contributed by atoms with Gasteiger partial charge in [0.1, 0.15) is 13.2 Å². The van der Waals surface area contributed by atoms with E-state index in [9.17, 15) is 14.4 Å². The van der Waals surface area contributed by atoms with Crippen molar-refractivity contribution >= 4 is 17.9 Å². The number of carbonyl (C=O) groups is 3. The van der Waals surface area contributed by atoms with Crippen molar-refractivity contribution in [2.75, 3.05) is 13.2 Å². The van der Waals surface area contributed by atoms with E-state index in [4.69, 9.17) is 14.2 Å². The minimum absolute atomic E-state index is 0.0616. The van der Waals surface area contributed by atoms with Gasteiger partial charge in [-0.1, -0.05) is 265 Å². The highest BCUT2D eigenvalue weighted by Gasteiger charge is 2.19. The van der Waals surface area contributed by atoms with Gasteiger partial charge in [0.15, 0.2) is 6.10 Å². The molecule has 0 amide bonds. The van der Waals surface area contributed by atoms with Gasteiger partial charge < -0.3 is 14.2 Å². The van der Waals surface area contributed by atoms with Crippen LogP contribution in [0.15, 0.2) is 0 Å². The van der Waals surface area contributed by atoms with Crippen LogP contribution >= 0.6 is 0 Å². The lowest BCUT2D eigenvalue weighted by molar-refractivity contribution is -0.167. The van der Waals surface area contributed by atoms with Crippen molar-refractivity contribution in [3.8, 4) is 0 Å². The number of carbonyl (C=O) groups excluding carboxylic acids is 3. The Morgan fingerprint density at radius 1 is 0.271 bits per heavy atom. The van der Waals surface area contributed by atoms with Crippen molar-refractivity contribution < 1.29 is 28.6 Å². The van der Waals surface area contributed by atoms with Gasteiger partial charge in [0.2, 0.25) is 0 Å². The zero-order valence-corrected chi connectivity index (χ0v) is 40.1. The Bertz CT molecular complexity index is 874. The molecule has 350 valence electrons. The number of hydrogen-bond acceptors (Lipinski definition) is 6. The van der Waals surface area contributed by atoms with Gasteiger partial charge in [-0.25, -0.2) is 0 Å². The molecule has 0 fully saturated rings. The molecule has 0 N–H and O–H groups in total. The van der Waals surface area contributed by atoms with Gasteiger partial charge in [0.05, 0.1) is 0 Å². The molecule has 0 aromatic rings. The summed E-state index contributed by atoms with van der Waals surface area (Å²) in [5.74, 6) is -0.840. The van der Waals surface area contributed by atoms with Crippen LogP contribution in [0.2, 0.25) is 0 Å². The smallest absolute Gasteiger partial charge is 0.306 e. The molecule has 0 bridgehead atoms. The molecule has 0 aromatic heterocycles. The fraction of sp³-hybridized carbons (Fsp3) is 0.943. The van der Waals surface area contributed by atoms with E-state index in [-0.39, 0.29) is 31.1 Å². The molecular formula is C53H102O6. The second kappa shape index (κ2) is 49.1. The molecule has 0 aromatic carbocycles. The summed E-state index contributed by atoms with van der Waals surface area (Å²) in [6.07, 6.45) is 52.3. The summed E-state index contributed by atoms with van der Waals surface area (Å²) in [6, 6.07) is 0. The molecule has 0 unspecified atom stereocenters. The molecule has 0 aliphatic heterocycles. The number of esters is 3. The van der Waals surface area contributed by atoms with E-state index in [2.05, 4.69) is 20.8 Å². The number of hydrogen-bond donors (Lipinski definition) is 0. The first kappa shape index (κ1) is 57.4. The molecule has 59 heavy (non-hydrogen) atoms. The SMILES string of the molecule is CCCCCCCCCCCCCCCCCCCC(=O)OC[C@@H](COC(=O)CCCCCCCCCCCCCC)OC(=O)CCCCCCCCCCCCCC. The fourth-order valence-corrected chi connectivity index (χ4v) is 8.09. The normalized spacial score (nSPS) is 11.8. The third-order valence-electron chi connectivity index (χ3n) is 12.1. The van der Waals surface area contributed by atoms with Crippen molar-refractivity contribution in [3.63, 3.8) is 0 Å². The topological polar surface area (TPSA) is 78.9 Å². The summed E-state index contributed by atoms with van der Waals surface area (Å²) in [7, 11) is 0. The van der Waals surface area contributed by atoms with Crippen molar-refractivity contribution in [1.29, 1.82) is 0 Å². The van der Waals surface area contributed by atoms with Crippen LogP contribution in [-0.4, -0.2) is 37.2 Å². The van der Waals surface area contributed by atoms with Crippen molar-refractivity contribution in [2.45, 2.75) is 309 Å². The zero-order chi connectivity index (χ0) is 43.0. The molecule has 0 radical (unpaired) electrons. The first-order valence-electron chi connectivity index (χ1n) is 26.5. The summed E-state index contributed by atoms with van der Waals surface area (Å²) >= 11 is 0. The first-order chi connectivity index (χ1) is 29.0. The monoisotopic (exact) mass is 835 g/mol. The maximum atomic E-state index is 12.8. The van der Waals surface area contributed by atoms with Crippen LogP contribution in [-0.2, 0) is 28.6 Å². The van der Waals surface area contributed by atoms with E-state index in [0.29, 0.717) is 19.3 Å². The average Bonchev–Trinajstić information content (AvgIpc) is 3.23. The van der Waals surface area contributed by atoms with Gasteiger partial charge in [0.25, 0.3) is 0 Å². The minimum atomic E-state index is -0.759. The van der Waals surface area contributed by atoms with Crippen LogP contribution in [0.25, 0.3) is 0 Å². The summed E-state index contributed by atoms with van der Waals surface area (Å²) in [6.45, 7) is 6.68. The van der Waals surface area contributed by atoms with Crippen LogP contribution in [0.1, 0.15) is 303 Å². The predicted octanol–water partition coefficient (Wildman–Crippen LogP) is 17.2. The molecule has 0 saturated carbocycles. The van der Waals surface area contributed by atoms with Crippen LogP contribution in [0.4, 0.5) is 0 Å². The van der Waals surface area contributed by atoms with Crippen LogP contribution < -0.4 is 0 Å². The maximum absolute atomic E-state index is 12.8. The highest BCUT2D eigenvalue weighted by molar-refractivity contribution is 5.71. The average molecular weight is 835 g/mol. The van der Waals surface area contributed by atoms with Crippen molar-refractivity contribution in [3.05, 3.63) is 0 Å². The Kier molecular flexibility index (Phi) is 47.7. The summed E-state index contributed by atoms with van der Waals surface area (Å²) < 4.78 is 16.8. The molecule has 0 heterocycles. The summed E-state index contributed by atoms with van der Waals surface area (Å²) in [5, 5.41) is 0. The van der Waals surface area contributed by atoms with Crippen molar-refractivity contribution in [1.82, 2.24) is 0 Å². The van der Waals surface area contributed by atoms with Gasteiger partial charge in [-0.2, -0.15) is 0 Å². The number of ether oxygens (including phenoxy) is 3. The van der Waals surface area contributed by atoms with Gasteiger partial charge in [-0.05, 0) is 19.3 Å². The second-order valence-electron chi connectivity index (χ2n) is 18.2. The van der Waals surface area contributed by atoms with Gasteiger partial charge in [-0.3, -0.25) is 14.4 Å². The fourth-order valence-electron chi connectivity index (χ4n) is 8.09. The molecule has 0 aliphatic rings. The van der Waals surface area contributed by atoms with Gasteiger partial charge in [0, 0.05) is 19.3 Å². The standard InChI is InChI=1S/C53H102O6/c1-4-7-10-13-16-19-22-25-26-27-28-29-32-34-37-40-43-46-52(55)58-49-50(59-53(56)47-44-41-38-35-31-24-21-18-15-12-9-6-3)48-57-51(54)45-42-39-36-33-30-23-20-17-14-11-8-5-2/h50H,4-49H2,1-3H3/t50-/m1/s1. The first-order valence-corrected chi connectivity index (χ1v) is 26.5. The highest BCUT2D eigenvalue weighted by atomic mass is 16.6. The van der Waals surface area contributed by atoms with Crippen LogP contribution in [0.5, 0.6) is 0 Å². The molecule has 0 rings (SSSR count). The van der Waals surface area contributed by atoms with E-state index in [0.717, 1.165) is 57.8 Å². The number of unbranched alkanes of at least 4 members (excludes halogenated alkanes) is 38. The van der Waals surface area contributed by atoms with E-state index >= 15 is 0 Å². The molecule has 0 aliphatic carbocycles. The molecule has 0 saturated heterocycles. The largest absolute Gasteiger partial charge is 0.462 e. The van der Waals surface area contributed by atoms with E-state index < -0.39 is 6.10 Å². The molecular weight excluding hydrogens is 733 g/mol. The Labute approximate surface area is 368 Å². The summed E-state index contributed by atoms with van der Waals surface area (Å²) in [4.78, 5) is 37.9. The molecule has 6 nitrogen and oxygen atoms in total. The Morgan fingerprint density at radius 2 is 0.458 bits per heavy atom. The third kappa shape index (κ3) is 47.3. The van der Waals surface area contributed by atoms with Crippen LogP contribution in [0.3, 0.4) is 0 Å². The predicted molar refractivity (Wildman–Crippen MR) is 252 cm³/mol. The van der Waals surface area contributed by atoms with E-state index in [1.54, 1.807) is 0 Å². The Balaban J connectivity index is 4.27. The van der Waals surface area contributed by atoms with Gasteiger partial charge in [-0.15, -0.1) is 0 Å². The van der Waals surface area contributed by atoms with E-state index in [1.165, 1.54) is 205 Å². The van der Waals surface area contributed by atoms with Crippen LogP contribution in [0, 0.1) is 0 Å². The Hall–Kier alpha value is -1.59. The van der Waals surface area contributed by atoms with Gasteiger partial charge >= 0.3 is 17.9 Å². The third-order valence-corrected chi connectivity index (χ3v) is 12.1. The second-order valence-corrected chi connectivity index (χ2v) is 18.2.